The van der Waals surface area contributed by atoms with Gasteiger partial charge in [0, 0.05) is 38.0 Å². The molecule has 2 amide bonds. The third-order valence-corrected chi connectivity index (χ3v) is 4.46. The summed E-state index contributed by atoms with van der Waals surface area (Å²) in [4.78, 5) is 36.1. The molecule has 130 valence electrons. The van der Waals surface area contributed by atoms with E-state index in [4.69, 9.17) is 16.3 Å². The van der Waals surface area contributed by atoms with Crippen LogP contribution in [-0.4, -0.2) is 63.5 Å². The Kier molecular flexibility index (Phi) is 4.38. The third-order valence-electron chi connectivity index (χ3n) is 4.26. The Hall–Kier alpha value is -1.89. The number of halogens is 1. The second-order valence-electron chi connectivity index (χ2n) is 7.34. The highest BCUT2D eigenvalue weighted by atomic mass is 35.5. The lowest BCUT2D eigenvalue weighted by atomic mass is 10.0. The summed E-state index contributed by atoms with van der Waals surface area (Å²) in [6.45, 7) is 8.05. The summed E-state index contributed by atoms with van der Waals surface area (Å²) in [7, 11) is 0. The fourth-order valence-corrected chi connectivity index (χ4v) is 3.32. The van der Waals surface area contributed by atoms with Crippen molar-refractivity contribution >= 4 is 23.6 Å². The number of rotatable bonds is 1. The number of carbonyl (C=O) groups is 2. The predicted octanol–water partition coefficient (Wildman–Crippen LogP) is 2.07. The first-order chi connectivity index (χ1) is 11.2. The Morgan fingerprint density at radius 1 is 1.08 bits per heavy atom. The van der Waals surface area contributed by atoms with Gasteiger partial charge in [-0.1, -0.05) is 11.6 Å². The van der Waals surface area contributed by atoms with Gasteiger partial charge in [-0.15, -0.1) is 0 Å². The van der Waals surface area contributed by atoms with Gasteiger partial charge in [0.2, 0.25) is 0 Å². The lowest BCUT2D eigenvalue weighted by Crippen LogP contribution is -2.38. The van der Waals surface area contributed by atoms with Crippen LogP contribution in [0.25, 0.3) is 0 Å². The predicted molar refractivity (Wildman–Crippen MR) is 87.7 cm³/mol. The molecule has 1 aromatic rings. The van der Waals surface area contributed by atoms with Crippen molar-refractivity contribution in [3.8, 4) is 0 Å². The van der Waals surface area contributed by atoms with Gasteiger partial charge < -0.3 is 14.5 Å². The fourth-order valence-electron chi connectivity index (χ4n) is 3.22. The van der Waals surface area contributed by atoms with E-state index in [9.17, 15) is 9.59 Å². The molecule has 1 aromatic heterocycles. The van der Waals surface area contributed by atoms with Gasteiger partial charge in [0.15, 0.2) is 0 Å². The van der Waals surface area contributed by atoms with Crippen LogP contribution in [0, 0.1) is 11.8 Å². The lowest BCUT2D eigenvalue weighted by molar-refractivity contribution is 0.0275. The molecule has 0 N–H and O–H groups in total. The minimum Gasteiger partial charge on any atom is -0.444 e. The van der Waals surface area contributed by atoms with Crippen molar-refractivity contribution in [1.29, 1.82) is 0 Å². The molecule has 0 aliphatic carbocycles. The third kappa shape index (κ3) is 3.61. The Bertz CT molecular complexity index is 630. The first-order valence-corrected chi connectivity index (χ1v) is 8.35. The molecule has 2 fully saturated rings. The molecule has 8 heteroatoms. The number of carbonyl (C=O) groups excluding carboxylic acids is 2. The van der Waals surface area contributed by atoms with E-state index in [1.807, 2.05) is 20.8 Å². The minimum atomic E-state index is -0.496. The van der Waals surface area contributed by atoms with E-state index in [0.717, 1.165) is 0 Å². The molecule has 0 bridgehead atoms. The molecule has 24 heavy (non-hydrogen) atoms. The van der Waals surface area contributed by atoms with Gasteiger partial charge in [-0.3, -0.25) is 4.79 Å². The molecule has 2 aliphatic heterocycles. The Morgan fingerprint density at radius 3 is 2.17 bits per heavy atom. The molecule has 3 rings (SSSR count). The number of likely N-dealkylation sites (tertiary alicyclic amines) is 2. The zero-order valence-corrected chi connectivity index (χ0v) is 14.8. The largest absolute Gasteiger partial charge is 0.444 e. The van der Waals surface area contributed by atoms with Crippen molar-refractivity contribution in [1.82, 2.24) is 19.8 Å². The van der Waals surface area contributed by atoms with Crippen LogP contribution in [0.1, 0.15) is 31.3 Å². The highest BCUT2D eigenvalue weighted by Gasteiger charge is 2.44. The molecule has 0 spiro atoms. The van der Waals surface area contributed by atoms with Gasteiger partial charge in [0.25, 0.3) is 5.91 Å². The van der Waals surface area contributed by atoms with E-state index in [1.54, 1.807) is 9.80 Å². The van der Waals surface area contributed by atoms with Crippen LogP contribution in [-0.2, 0) is 4.74 Å². The fraction of sp³-hybridized carbons (Fsp3) is 0.625. The quantitative estimate of drug-likeness (QED) is 0.773. The maximum atomic E-state index is 12.5. The first kappa shape index (κ1) is 17.0. The van der Waals surface area contributed by atoms with Crippen LogP contribution < -0.4 is 0 Å². The second-order valence-corrected chi connectivity index (χ2v) is 7.73. The number of hydrogen-bond donors (Lipinski definition) is 0. The van der Waals surface area contributed by atoms with Crippen molar-refractivity contribution in [2.24, 2.45) is 11.8 Å². The Morgan fingerprint density at radius 2 is 1.67 bits per heavy atom. The number of aromatic nitrogens is 2. The molecular weight excluding hydrogens is 332 g/mol. The average Bonchev–Trinajstić information content (AvgIpc) is 3.04. The van der Waals surface area contributed by atoms with Crippen LogP contribution in [0.5, 0.6) is 0 Å². The van der Waals surface area contributed by atoms with E-state index >= 15 is 0 Å². The van der Waals surface area contributed by atoms with Crippen LogP contribution in [0.15, 0.2) is 12.4 Å². The molecule has 3 heterocycles. The number of nitrogens with zero attached hydrogens (tertiary/aromatic N) is 4. The minimum absolute atomic E-state index is 0.141. The highest BCUT2D eigenvalue weighted by Crippen LogP contribution is 2.32. The van der Waals surface area contributed by atoms with E-state index in [-0.39, 0.29) is 29.0 Å². The van der Waals surface area contributed by atoms with E-state index < -0.39 is 5.60 Å². The SMILES string of the molecule is CC(C)(C)OC(=O)N1C[C@@H]2CN(C(=O)c3cnc(Cl)cn3)C[C@@H]2C1. The van der Waals surface area contributed by atoms with Gasteiger partial charge >= 0.3 is 6.09 Å². The summed E-state index contributed by atoms with van der Waals surface area (Å²) < 4.78 is 5.42. The molecule has 7 nitrogen and oxygen atoms in total. The second kappa shape index (κ2) is 6.20. The number of amides is 2. The van der Waals surface area contributed by atoms with E-state index in [2.05, 4.69) is 9.97 Å². The molecule has 2 aliphatic rings. The summed E-state index contributed by atoms with van der Waals surface area (Å²) in [5.74, 6) is 0.417. The smallest absolute Gasteiger partial charge is 0.410 e. The topological polar surface area (TPSA) is 75.6 Å². The first-order valence-electron chi connectivity index (χ1n) is 7.97. The molecule has 2 atom stereocenters. The van der Waals surface area contributed by atoms with Crippen molar-refractivity contribution < 1.29 is 14.3 Å². The molecule has 0 unspecified atom stereocenters. The summed E-state index contributed by atoms with van der Waals surface area (Å²) in [5, 5.41) is 0.262. The lowest BCUT2D eigenvalue weighted by Gasteiger charge is -2.26. The van der Waals surface area contributed by atoms with Gasteiger partial charge in [-0.2, -0.15) is 0 Å². The standard InChI is InChI=1S/C16H21ClN4O3/c1-16(2,3)24-15(23)21-8-10-6-20(7-11(10)9-21)14(22)12-4-19-13(17)5-18-12/h4-5,10-11H,6-9H2,1-3H3/t10-,11+. The summed E-state index contributed by atoms with van der Waals surface area (Å²) in [5.41, 5.74) is -0.201. The maximum absolute atomic E-state index is 12.5. The zero-order chi connectivity index (χ0) is 17.5. The van der Waals surface area contributed by atoms with Crippen LogP contribution in [0.3, 0.4) is 0 Å². The number of fused-ring (bicyclic) bond motifs is 1. The highest BCUT2D eigenvalue weighted by molar-refractivity contribution is 6.29. The maximum Gasteiger partial charge on any atom is 0.410 e. The van der Waals surface area contributed by atoms with E-state index in [0.29, 0.717) is 31.9 Å². The molecule has 0 radical (unpaired) electrons. The number of ether oxygens (including phenoxy) is 1. The van der Waals surface area contributed by atoms with Gasteiger partial charge in [0.05, 0.1) is 12.4 Å². The molecule has 2 saturated heterocycles. The molecule has 0 saturated carbocycles. The Labute approximate surface area is 145 Å². The van der Waals surface area contributed by atoms with Crippen LogP contribution in [0.2, 0.25) is 5.15 Å². The molecular formula is C16H21ClN4O3. The zero-order valence-electron chi connectivity index (χ0n) is 14.0. The summed E-state index contributed by atoms with van der Waals surface area (Å²) >= 11 is 5.70. The summed E-state index contributed by atoms with van der Waals surface area (Å²) in [6.07, 6.45) is 2.49. The van der Waals surface area contributed by atoms with Gasteiger partial charge in [-0.05, 0) is 20.8 Å². The normalized spacial score (nSPS) is 23.3. The van der Waals surface area contributed by atoms with Crippen molar-refractivity contribution in [2.45, 2.75) is 26.4 Å². The van der Waals surface area contributed by atoms with Crippen molar-refractivity contribution in [3.05, 3.63) is 23.2 Å². The molecule has 0 aromatic carbocycles. The van der Waals surface area contributed by atoms with Gasteiger partial charge in [-0.25, -0.2) is 14.8 Å². The van der Waals surface area contributed by atoms with Crippen LogP contribution >= 0.6 is 11.6 Å². The van der Waals surface area contributed by atoms with Crippen molar-refractivity contribution in [2.75, 3.05) is 26.2 Å². The Balaban J connectivity index is 1.58. The van der Waals surface area contributed by atoms with Crippen LogP contribution in [0.4, 0.5) is 4.79 Å². The summed E-state index contributed by atoms with van der Waals surface area (Å²) in [6, 6.07) is 0. The monoisotopic (exact) mass is 352 g/mol. The number of hydrogen-bond acceptors (Lipinski definition) is 5. The van der Waals surface area contributed by atoms with Crippen molar-refractivity contribution in [3.63, 3.8) is 0 Å². The van der Waals surface area contributed by atoms with Gasteiger partial charge in [0.1, 0.15) is 16.4 Å². The van der Waals surface area contributed by atoms with E-state index in [1.165, 1.54) is 12.4 Å². The average molecular weight is 353 g/mol.